The molecule has 5 heteroatoms. The van der Waals surface area contributed by atoms with E-state index in [-0.39, 0.29) is 12.0 Å². The van der Waals surface area contributed by atoms with E-state index in [4.69, 9.17) is 10.5 Å². The minimum atomic E-state index is -0.0579. The summed E-state index contributed by atoms with van der Waals surface area (Å²) in [6.45, 7) is 4.00. The Morgan fingerprint density at radius 3 is 3.18 bits per heavy atom. The third kappa shape index (κ3) is 2.81. The highest BCUT2D eigenvalue weighted by atomic mass is 16.5. The van der Waals surface area contributed by atoms with Gasteiger partial charge in [-0.1, -0.05) is 6.07 Å². The number of nitrogens with two attached hydrogens (primary N) is 1. The van der Waals surface area contributed by atoms with Crippen molar-refractivity contribution in [1.29, 1.82) is 0 Å². The van der Waals surface area contributed by atoms with Crippen LogP contribution in [-0.4, -0.2) is 48.1 Å². The lowest BCUT2D eigenvalue weighted by atomic mass is 10.2. The monoisotopic (exact) mass is 235 g/mol. The fourth-order valence-electron chi connectivity index (χ4n) is 1.87. The molecular formula is C12H17N3O2. The van der Waals surface area contributed by atoms with Gasteiger partial charge in [-0.25, -0.2) is 4.98 Å². The number of ether oxygens (including phenoxy) is 1. The van der Waals surface area contributed by atoms with Gasteiger partial charge in [-0.15, -0.1) is 0 Å². The first-order valence-electron chi connectivity index (χ1n) is 5.75. The van der Waals surface area contributed by atoms with Crippen LogP contribution in [0.5, 0.6) is 0 Å². The molecule has 1 saturated heterocycles. The summed E-state index contributed by atoms with van der Waals surface area (Å²) in [4.78, 5) is 18.2. The van der Waals surface area contributed by atoms with Gasteiger partial charge >= 0.3 is 0 Å². The molecule has 1 atom stereocenters. The third-order valence-corrected chi connectivity index (χ3v) is 2.80. The molecule has 1 fully saturated rings. The van der Waals surface area contributed by atoms with E-state index < -0.39 is 0 Å². The zero-order chi connectivity index (χ0) is 12.3. The fourth-order valence-corrected chi connectivity index (χ4v) is 1.87. The molecule has 2 rings (SSSR count). The zero-order valence-electron chi connectivity index (χ0n) is 9.93. The van der Waals surface area contributed by atoms with Gasteiger partial charge in [0, 0.05) is 25.3 Å². The molecule has 1 aliphatic rings. The maximum Gasteiger partial charge on any atom is 0.272 e. The molecule has 5 nitrogen and oxygen atoms in total. The first kappa shape index (κ1) is 12.0. The van der Waals surface area contributed by atoms with Gasteiger partial charge in [0.15, 0.2) is 0 Å². The van der Waals surface area contributed by atoms with Crippen molar-refractivity contribution in [2.45, 2.75) is 13.0 Å². The minimum Gasteiger partial charge on any atom is -0.373 e. The summed E-state index contributed by atoms with van der Waals surface area (Å²) in [7, 11) is 0. The van der Waals surface area contributed by atoms with Gasteiger partial charge in [0.25, 0.3) is 5.91 Å². The van der Waals surface area contributed by atoms with Crippen molar-refractivity contribution in [2.24, 2.45) is 5.73 Å². The minimum absolute atomic E-state index is 0.0459. The third-order valence-electron chi connectivity index (χ3n) is 2.80. The van der Waals surface area contributed by atoms with Crippen molar-refractivity contribution >= 4 is 5.91 Å². The molecular weight excluding hydrogens is 218 g/mol. The van der Waals surface area contributed by atoms with Gasteiger partial charge in [-0.05, 0) is 19.1 Å². The maximum atomic E-state index is 12.2. The molecule has 0 radical (unpaired) electrons. The Hall–Kier alpha value is -1.46. The lowest BCUT2D eigenvalue weighted by Crippen LogP contribution is -2.48. The summed E-state index contributed by atoms with van der Waals surface area (Å²) in [5.41, 5.74) is 6.89. The second-order valence-electron chi connectivity index (χ2n) is 4.14. The van der Waals surface area contributed by atoms with E-state index in [1.165, 1.54) is 0 Å². The Kier molecular flexibility index (Phi) is 3.71. The Morgan fingerprint density at radius 2 is 2.47 bits per heavy atom. The molecule has 2 heterocycles. The van der Waals surface area contributed by atoms with E-state index in [0.717, 1.165) is 5.69 Å². The average molecular weight is 235 g/mol. The standard InChI is InChI=1S/C12H17N3O2/c1-9-3-2-4-11(14-9)12(16)15-5-6-17-10(7-13)8-15/h2-4,10H,5-8,13H2,1H3/t10-/m1/s1. The second-order valence-corrected chi connectivity index (χ2v) is 4.14. The number of rotatable bonds is 2. The average Bonchev–Trinajstić information content (AvgIpc) is 2.38. The predicted molar refractivity (Wildman–Crippen MR) is 63.7 cm³/mol. The molecule has 17 heavy (non-hydrogen) atoms. The largest absolute Gasteiger partial charge is 0.373 e. The molecule has 0 unspecified atom stereocenters. The van der Waals surface area contributed by atoms with E-state index in [0.29, 0.717) is 31.9 Å². The summed E-state index contributed by atoms with van der Waals surface area (Å²) in [6, 6.07) is 5.46. The van der Waals surface area contributed by atoms with Crippen LogP contribution in [0.4, 0.5) is 0 Å². The highest BCUT2D eigenvalue weighted by Gasteiger charge is 2.24. The SMILES string of the molecule is Cc1cccc(C(=O)N2CCO[C@H](CN)C2)n1. The van der Waals surface area contributed by atoms with Crippen LogP contribution >= 0.6 is 0 Å². The predicted octanol–water partition coefficient (Wildman–Crippen LogP) is 0.190. The number of aromatic nitrogens is 1. The quantitative estimate of drug-likeness (QED) is 0.794. The Balaban J connectivity index is 2.09. The molecule has 1 aromatic rings. The van der Waals surface area contributed by atoms with Crippen LogP contribution < -0.4 is 5.73 Å². The molecule has 0 spiro atoms. The van der Waals surface area contributed by atoms with Gasteiger partial charge in [0.1, 0.15) is 5.69 Å². The molecule has 1 aromatic heterocycles. The lowest BCUT2D eigenvalue weighted by molar-refractivity contribution is -0.0169. The zero-order valence-corrected chi connectivity index (χ0v) is 9.93. The fraction of sp³-hybridized carbons (Fsp3) is 0.500. The van der Waals surface area contributed by atoms with Crippen molar-refractivity contribution in [3.63, 3.8) is 0 Å². The van der Waals surface area contributed by atoms with Gasteiger partial charge in [0.2, 0.25) is 0 Å². The van der Waals surface area contributed by atoms with Gasteiger partial charge in [-0.2, -0.15) is 0 Å². The molecule has 0 saturated carbocycles. The van der Waals surface area contributed by atoms with Crippen molar-refractivity contribution in [2.75, 3.05) is 26.2 Å². The second kappa shape index (κ2) is 5.25. The number of amides is 1. The highest BCUT2D eigenvalue weighted by Crippen LogP contribution is 2.09. The first-order chi connectivity index (χ1) is 8.20. The normalized spacial score (nSPS) is 20.4. The molecule has 1 amide bonds. The van der Waals surface area contributed by atoms with Crippen molar-refractivity contribution in [1.82, 2.24) is 9.88 Å². The van der Waals surface area contributed by atoms with E-state index in [1.807, 2.05) is 19.1 Å². The molecule has 2 N–H and O–H groups in total. The van der Waals surface area contributed by atoms with Gasteiger partial charge < -0.3 is 15.4 Å². The number of morpholine rings is 1. The van der Waals surface area contributed by atoms with E-state index in [1.54, 1.807) is 11.0 Å². The number of aryl methyl sites for hydroxylation is 1. The van der Waals surface area contributed by atoms with E-state index in [2.05, 4.69) is 4.98 Å². The van der Waals surface area contributed by atoms with Gasteiger partial charge in [-0.3, -0.25) is 4.79 Å². The van der Waals surface area contributed by atoms with Gasteiger partial charge in [0.05, 0.1) is 12.7 Å². The Morgan fingerprint density at radius 1 is 1.65 bits per heavy atom. The van der Waals surface area contributed by atoms with Crippen molar-refractivity contribution in [3.8, 4) is 0 Å². The Bertz CT molecular complexity index is 408. The summed E-state index contributed by atoms with van der Waals surface area (Å²) < 4.78 is 5.43. The first-order valence-corrected chi connectivity index (χ1v) is 5.75. The topological polar surface area (TPSA) is 68.5 Å². The number of carbonyl (C=O) groups excluding carboxylic acids is 1. The molecule has 0 aliphatic carbocycles. The van der Waals surface area contributed by atoms with Crippen LogP contribution in [0.25, 0.3) is 0 Å². The summed E-state index contributed by atoms with van der Waals surface area (Å²) in [5, 5.41) is 0. The number of pyridine rings is 1. The van der Waals surface area contributed by atoms with Crippen LogP contribution in [0, 0.1) is 6.92 Å². The number of hydrogen-bond donors (Lipinski definition) is 1. The summed E-state index contributed by atoms with van der Waals surface area (Å²) in [5.74, 6) is -0.0459. The number of carbonyl (C=O) groups is 1. The van der Waals surface area contributed by atoms with Crippen molar-refractivity contribution in [3.05, 3.63) is 29.6 Å². The van der Waals surface area contributed by atoms with Crippen molar-refractivity contribution < 1.29 is 9.53 Å². The lowest BCUT2D eigenvalue weighted by Gasteiger charge is -2.32. The summed E-state index contributed by atoms with van der Waals surface area (Å²) >= 11 is 0. The molecule has 0 aromatic carbocycles. The van der Waals surface area contributed by atoms with E-state index in [9.17, 15) is 4.79 Å². The molecule has 1 aliphatic heterocycles. The van der Waals surface area contributed by atoms with Crippen LogP contribution in [0.1, 0.15) is 16.2 Å². The van der Waals surface area contributed by atoms with Crippen LogP contribution in [-0.2, 0) is 4.74 Å². The molecule has 92 valence electrons. The Labute approximate surface area is 101 Å². The number of nitrogens with zero attached hydrogens (tertiary/aromatic N) is 2. The highest BCUT2D eigenvalue weighted by molar-refractivity contribution is 5.92. The summed E-state index contributed by atoms with van der Waals surface area (Å²) in [6.07, 6.45) is -0.0579. The smallest absolute Gasteiger partial charge is 0.272 e. The number of hydrogen-bond acceptors (Lipinski definition) is 4. The maximum absolute atomic E-state index is 12.2. The van der Waals surface area contributed by atoms with Crippen LogP contribution in [0.15, 0.2) is 18.2 Å². The van der Waals surface area contributed by atoms with Crippen LogP contribution in [0.3, 0.4) is 0 Å². The molecule has 0 bridgehead atoms. The van der Waals surface area contributed by atoms with Crippen LogP contribution in [0.2, 0.25) is 0 Å². The van der Waals surface area contributed by atoms with E-state index >= 15 is 0 Å².